The Balaban J connectivity index is 1.93. The Bertz CT molecular complexity index is 414. The molecule has 0 saturated heterocycles. The summed E-state index contributed by atoms with van der Waals surface area (Å²) < 4.78 is 5.57. The van der Waals surface area contributed by atoms with E-state index < -0.39 is 0 Å². The van der Waals surface area contributed by atoms with Gasteiger partial charge in [-0.1, -0.05) is 18.2 Å². The minimum Gasteiger partial charge on any atom is -0.487 e. The summed E-state index contributed by atoms with van der Waals surface area (Å²) in [5.41, 5.74) is 0.952. The second-order valence-electron chi connectivity index (χ2n) is 3.00. The van der Waals surface area contributed by atoms with Crippen LogP contribution in [0.4, 0.5) is 5.13 Å². The maximum atomic E-state index is 5.57. The number of rotatable bonds is 4. The standard InChI is InChI=1S/C11H12N2OS/c1-12-11-13-9(8-15-11)7-14-10-5-3-2-4-6-10/h2-6,8H,7H2,1H3,(H,12,13). The number of aromatic nitrogens is 1. The molecule has 0 saturated carbocycles. The molecular formula is C11H12N2OS. The van der Waals surface area contributed by atoms with Crippen molar-refractivity contribution in [1.82, 2.24) is 4.98 Å². The first-order valence-electron chi connectivity index (χ1n) is 4.68. The number of nitrogens with zero attached hydrogens (tertiary/aromatic N) is 1. The van der Waals surface area contributed by atoms with E-state index in [0.29, 0.717) is 6.61 Å². The predicted octanol–water partition coefficient (Wildman–Crippen LogP) is 2.76. The molecule has 0 aliphatic rings. The molecule has 1 N–H and O–H groups in total. The van der Waals surface area contributed by atoms with Gasteiger partial charge in [0, 0.05) is 12.4 Å². The molecule has 0 bridgehead atoms. The molecule has 1 heterocycles. The van der Waals surface area contributed by atoms with Crippen molar-refractivity contribution in [3.8, 4) is 5.75 Å². The van der Waals surface area contributed by atoms with E-state index in [1.54, 1.807) is 11.3 Å². The van der Waals surface area contributed by atoms with Crippen LogP contribution in [0.25, 0.3) is 0 Å². The summed E-state index contributed by atoms with van der Waals surface area (Å²) in [5.74, 6) is 0.872. The summed E-state index contributed by atoms with van der Waals surface area (Å²) in [6.45, 7) is 0.516. The topological polar surface area (TPSA) is 34.2 Å². The van der Waals surface area contributed by atoms with Gasteiger partial charge in [-0.3, -0.25) is 0 Å². The molecule has 2 rings (SSSR count). The van der Waals surface area contributed by atoms with Crippen molar-refractivity contribution in [2.24, 2.45) is 0 Å². The molecule has 0 fully saturated rings. The van der Waals surface area contributed by atoms with Gasteiger partial charge in [0.05, 0.1) is 5.69 Å². The number of benzene rings is 1. The second-order valence-corrected chi connectivity index (χ2v) is 3.85. The first-order valence-corrected chi connectivity index (χ1v) is 5.56. The Morgan fingerprint density at radius 1 is 1.33 bits per heavy atom. The molecule has 0 amide bonds. The van der Waals surface area contributed by atoms with Crippen molar-refractivity contribution in [1.29, 1.82) is 0 Å². The molecule has 1 aromatic heterocycles. The predicted molar refractivity (Wildman–Crippen MR) is 62.4 cm³/mol. The van der Waals surface area contributed by atoms with Crippen molar-refractivity contribution >= 4 is 16.5 Å². The van der Waals surface area contributed by atoms with Crippen LogP contribution in [-0.4, -0.2) is 12.0 Å². The van der Waals surface area contributed by atoms with E-state index in [4.69, 9.17) is 4.74 Å². The van der Waals surface area contributed by atoms with Crippen molar-refractivity contribution in [3.63, 3.8) is 0 Å². The lowest BCUT2D eigenvalue weighted by molar-refractivity contribution is 0.302. The second kappa shape index (κ2) is 4.79. The Labute approximate surface area is 92.7 Å². The summed E-state index contributed by atoms with van der Waals surface area (Å²) >= 11 is 1.58. The van der Waals surface area contributed by atoms with Gasteiger partial charge in [-0.2, -0.15) is 0 Å². The van der Waals surface area contributed by atoms with E-state index >= 15 is 0 Å². The molecule has 0 radical (unpaired) electrons. The highest BCUT2D eigenvalue weighted by atomic mass is 32.1. The smallest absolute Gasteiger partial charge is 0.182 e. The maximum absolute atomic E-state index is 5.57. The van der Waals surface area contributed by atoms with Gasteiger partial charge in [-0.15, -0.1) is 11.3 Å². The van der Waals surface area contributed by atoms with E-state index in [2.05, 4.69) is 10.3 Å². The molecule has 15 heavy (non-hydrogen) atoms. The van der Waals surface area contributed by atoms with E-state index in [0.717, 1.165) is 16.6 Å². The van der Waals surface area contributed by atoms with Gasteiger partial charge >= 0.3 is 0 Å². The zero-order valence-corrected chi connectivity index (χ0v) is 9.25. The minimum absolute atomic E-state index is 0.516. The third kappa shape index (κ3) is 2.70. The monoisotopic (exact) mass is 220 g/mol. The van der Waals surface area contributed by atoms with Crippen molar-refractivity contribution in [2.45, 2.75) is 6.61 Å². The SMILES string of the molecule is CNc1nc(COc2ccccc2)cs1. The van der Waals surface area contributed by atoms with Gasteiger partial charge in [0.1, 0.15) is 12.4 Å². The molecule has 0 unspecified atom stereocenters. The average molecular weight is 220 g/mol. The van der Waals surface area contributed by atoms with Crippen molar-refractivity contribution < 1.29 is 4.74 Å². The fraction of sp³-hybridized carbons (Fsp3) is 0.182. The lowest BCUT2D eigenvalue weighted by Crippen LogP contribution is -1.96. The van der Waals surface area contributed by atoms with Crippen LogP contribution in [0, 0.1) is 0 Å². The Kier molecular flexibility index (Phi) is 3.19. The lowest BCUT2D eigenvalue weighted by Gasteiger charge is -2.02. The zero-order chi connectivity index (χ0) is 10.5. The van der Waals surface area contributed by atoms with Gasteiger partial charge in [0.25, 0.3) is 0 Å². The molecule has 0 spiro atoms. The van der Waals surface area contributed by atoms with Crippen molar-refractivity contribution in [2.75, 3.05) is 12.4 Å². The number of hydrogen-bond acceptors (Lipinski definition) is 4. The number of anilines is 1. The Hall–Kier alpha value is -1.55. The largest absolute Gasteiger partial charge is 0.487 e. The highest BCUT2D eigenvalue weighted by Gasteiger charge is 2.00. The van der Waals surface area contributed by atoms with Crippen LogP contribution in [-0.2, 0) is 6.61 Å². The van der Waals surface area contributed by atoms with Gasteiger partial charge in [0.2, 0.25) is 0 Å². The third-order valence-corrected chi connectivity index (χ3v) is 2.80. The molecule has 2 aromatic rings. The minimum atomic E-state index is 0.516. The lowest BCUT2D eigenvalue weighted by atomic mass is 10.3. The van der Waals surface area contributed by atoms with Crippen LogP contribution in [0.1, 0.15) is 5.69 Å². The van der Waals surface area contributed by atoms with Gasteiger partial charge < -0.3 is 10.1 Å². The van der Waals surface area contributed by atoms with Crippen LogP contribution < -0.4 is 10.1 Å². The fourth-order valence-corrected chi connectivity index (χ4v) is 1.82. The molecule has 1 aromatic carbocycles. The Morgan fingerprint density at radius 3 is 2.80 bits per heavy atom. The molecule has 3 nitrogen and oxygen atoms in total. The van der Waals surface area contributed by atoms with Gasteiger partial charge in [-0.05, 0) is 12.1 Å². The third-order valence-electron chi connectivity index (χ3n) is 1.90. The fourth-order valence-electron chi connectivity index (χ4n) is 1.16. The highest BCUT2D eigenvalue weighted by Crippen LogP contribution is 2.16. The Morgan fingerprint density at radius 2 is 2.13 bits per heavy atom. The van der Waals surface area contributed by atoms with Gasteiger partial charge in [-0.25, -0.2) is 4.98 Å². The van der Waals surface area contributed by atoms with Gasteiger partial charge in [0.15, 0.2) is 5.13 Å². The first-order chi connectivity index (χ1) is 7.38. The number of hydrogen-bond donors (Lipinski definition) is 1. The number of nitrogens with one attached hydrogen (secondary N) is 1. The quantitative estimate of drug-likeness (QED) is 0.860. The summed E-state index contributed by atoms with van der Waals surface area (Å²) in [4.78, 5) is 4.33. The maximum Gasteiger partial charge on any atom is 0.182 e. The van der Waals surface area contributed by atoms with Crippen LogP contribution in [0.3, 0.4) is 0 Å². The molecule has 4 heteroatoms. The first kappa shape index (κ1) is 9.98. The number of para-hydroxylation sites is 1. The average Bonchev–Trinajstić information content (AvgIpc) is 2.76. The summed E-state index contributed by atoms with van der Waals surface area (Å²) in [6.07, 6.45) is 0. The summed E-state index contributed by atoms with van der Waals surface area (Å²) in [7, 11) is 1.86. The summed E-state index contributed by atoms with van der Waals surface area (Å²) in [6, 6.07) is 9.75. The van der Waals surface area contributed by atoms with Crippen LogP contribution in [0.15, 0.2) is 35.7 Å². The normalized spacial score (nSPS) is 9.93. The number of ether oxygens (including phenoxy) is 1. The molecular weight excluding hydrogens is 208 g/mol. The molecule has 78 valence electrons. The summed E-state index contributed by atoms with van der Waals surface area (Å²) in [5, 5.41) is 5.91. The molecule has 0 aliphatic heterocycles. The molecule has 0 atom stereocenters. The molecule has 0 aliphatic carbocycles. The van der Waals surface area contributed by atoms with E-state index in [1.807, 2.05) is 42.8 Å². The van der Waals surface area contributed by atoms with Crippen LogP contribution in [0.2, 0.25) is 0 Å². The van der Waals surface area contributed by atoms with E-state index in [-0.39, 0.29) is 0 Å². The highest BCUT2D eigenvalue weighted by molar-refractivity contribution is 7.13. The van der Waals surface area contributed by atoms with E-state index in [9.17, 15) is 0 Å². The van der Waals surface area contributed by atoms with Crippen LogP contribution in [0.5, 0.6) is 5.75 Å². The van der Waals surface area contributed by atoms with Crippen molar-refractivity contribution in [3.05, 3.63) is 41.4 Å². The zero-order valence-electron chi connectivity index (χ0n) is 8.43. The van der Waals surface area contributed by atoms with E-state index in [1.165, 1.54) is 0 Å². The number of thiazole rings is 1. The van der Waals surface area contributed by atoms with Crippen LogP contribution >= 0.6 is 11.3 Å².